The first kappa shape index (κ1) is 17.5. The van der Waals surface area contributed by atoms with Gasteiger partial charge >= 0.3 is 0 Å². The summed E-state index contributed by atoms with van der Waals surface area (Å²) in [5.74, 6) is -1.34. The zero-order chi connectivity index (χ0) is 20.0. The summed E-state index contributed by atoms with van der Waals surface area (Å²) in [6, 6.07) is 9.56. The van der Waals surface area contributed by atoms with Crippen molar-refractivity contribution in [3.05, 3.63) is 94.1 Å². The molecule has 2 aromatic carbocycles. The summed E-state index contributed by atoms with van der Waals surface area (Å²) < 4.78 is 30.8. The number of para-hydroxylation sites is 1. The van der Waals surface area contributed by atoms with E-state index in [1.165, 1.54) is 23.0 Å². The number of nitrogens with zero attached hydrogens (tertiary/aromatic N) is 3. The number of allylic oxidation sites excluding steroid dienone is 2. The molecule has 1 aliphatic heterocycles. The number of halogens is 2. The fourth-order valence-electron chi connectivity index (χ4n) is 3.68. The van der Waals surface area contributed by atoms with E-state index in [9.17, 15) is 13.6 Å². The lowest BCUT2D eigenvalue weighted by atomic mass is 9.90. The molecular formula is C22H16F2N4O. The second kappa shape index (κ2) is 6.77. The van der Waals surface area contributed by atoms with Crippen LogP contribution in [0.1, 0.15) is 11.1 Å². The summed E-state index contributed by atoms with van der Waals surface area (Å²) in [5.41, 5.74) is 4.18. The standard InChI is InChI=1S/C22H16F2N4O/c23-18-8-14(13-5-6-20-15(7-13)10-26-27-20)9-19(24)17(18)11-28-12-25-21-4-2-1-3-16(21)22(28)29/h1-10,12,15,20,27H,11H2. The minimum atomic E-state index is -0.699. The third-order valence-corrected chi connectivity index (χ3v) is 5.27. The molecule has 144 valence electrons. The Kier molecular flexibility index (Phi) is 4.08. The molecule has 2 atom stereocenters. The van der Waals surface area contributed by atoms with Crippen LogP contribution in [-0.4, -0.2) is 21.8 Å². The monoisotopic (exact) mass is 390 g/mol. The largest absolute Gasteiger partial charge is 0.302 e. The molecule has 5 nitrogen and oxygen atoms in total. The molecule has 0 fully saturated rings. The van der Waals surface area contributed by atoms with Crippen LogP contribution in [0.4, 0.5) is 8.78 Å². The fraction of sp³-hybridized carbons (Fsp3) is 0.136. The molecule has 2 unspecified atom stereocenters. The Morgan fingerprint density at radius 1 is 1.14 bits per heavy atom. The summed E-state index contributed by atoms with van der Waals surface area (Å²) in [4.78, 5) is 16.8. The second-order valence-corrected chi connectivity index (χ2v) is 7.10. The molecule has 0 saturated carbocycles. The average molecular weight is 390 g/mol. The van der Waals surface area contributed by atoms with Crippen molar-refractivity contribution in [2.75, 3.05) is 0 Å². The smallest absolute Gasteiger partial charge is 0.261 e. The van der Waals surface area contributed by atoms with Crippen LogP contribution >= 0.6 is 0 Å². The second-order valence-electron chi connectivity index (χ2n) is 7.10. The van der Waals surface area contributed by atoms with Crippen LogP contribution < -0.4 is 11.0 Å². The molecule has 1 aliphatic carbocycles. The van der Waals surface area contributed by atoms with Gasteiger partial charge in [0, 0.05) is 17.7 Å². The molecule has 0 amide bonds. The van der Waals surface area contributed by atoms with Crippen molar-refractivity contribution in [1.82, 2.24) is 15.0 Å². The molecule has 3 aromatic rings. The molecule has 0 radical (unpaired) electrons. The minimum Gasteiger partial charge on any atom is -0.302 e. The Morgan fingerprint density at radius 3 is 2.76 bits per heavy atom. The lowest BCUT2D eigenvalue weighted by Crippen LogP contribution is -2.25. The summed E-state index contributed by atoms with van der Waals surface area (Å²) in [6.07, 6.45) is 8.77. The molecule has 0 bridgehead atoms. The highest BCUT2D eigenvalue weighted by Crippen LogP contribution is 2.28. The first-order valence-electron chi connectivity index (χ1n) is 9.21. The molecule has 29 heavy (non-hydrogen) atoms. The molecular weight excluding hydrogens is 374 g/mol. The fourth-order valence-corrected chi connectivity index (χ4v) is 3.68. The van der Waals surface area contributed by atoms with Gasteiger partial charge < -0.3 is 5.43 Å². The SMILES string of the molecule is O=c1c2ccccc2ncn1Cc1c(F)cc(C2=CC3C=NNC3C=C2)cc1F. The lowest BCUT2D eigenvalue weighted by molar-refractivity contribution is 0.540. The molecule has 7 heteroatoms. The molecule has 2 heterocycles. The number of hydrazone groups is 1. The van der Waals surface area contributed by atoms with Crippen LogP contribution in [0.2, 0.25) is 0 Å². The van der Waals surface area contributed by atoms with E-state index in [2.05, 4.69) is 15.5 Å². The predicted molar refractivity (Wildman–Crippen MR) is 107 cm³/mol. The van der Waals surface area contributed by atoms with Crippen molar-refractivity contribution in [2.24, 2.45) is 11.0 Å². The van der Waals surface area contributed by atoms with Crippen LogP contribution in [0.25, 0.3) is 16.5 Å². The summed E-state index contributed by atoms with van der Waals surface area (Å²) in [7, 11) is 0. The molecule has 1 aromatic heterocycles. The van der Waals surface area contributed by atoms with E-state index < -0.39 is 11.6 Å². The zero-order valence-electron chi connectivity index (χ0n) is 15.2. The summed E-state index contributed by atoms with van der Waals surface area (Å²) in [6.45, 7) is -0.231. The van der Waals surface area contributed by atoms with Crippen molar-refractivity contribution < 1.29 is 8.78 Å². The van der Waals surface area contributed by atoms with Crippen LogP contribution in [0.3, 0.4) is 0 Å². The highest BCUT2D eigenvalue weighted by molar-refractivity contribution is 5.81. The average Bonchev–Trinajstić information content (AvgIpc) is 3.20. The Hall–Kier alpha value is -3.61. The van der Waals surface area contributed by atoms with Crippen LogP contribution in [0, 0.1) is 17.6 Å². The van der Waals surface area contributed by atoms with Crippen molar-refractivity contribution in [2.45, 2.75) is 12.6 Å². The maximum Gasteiger partial charge on any atom is 0.261 e. The summed E-state index contributed by atoms with van der Waals surface area (Å²) >= 11 is 0. The van der Waals surface area contributed by atoms with Crippen molar-refractivity contribution in [3.8, 4) is 0 Å². The number of aromatic nitrogens is 2. The Labute approximate surface area is 164 Å². The first-order valence-corrected chi connectivity index (χ1v) is 9.21. The van der Waals surface area contributed by atoms with Gasteiger partial charge in [0.15, 0.2) is 0 Å². The van der Waals surface area contributed by atoms with Gasteiger partial charge in [-0.1, -0.05) is 30.4 Å². The Bertz CT molecular complexity index is 1250. The van der Waals surface area contributed by atoms with E-state index in [0.29, 0.717) is 16.5 Å². The highest BCUT2D eigenvalue weighted by atomic mass is 19.1. The van der Waals surface area contributed by atoms with Gasteiger partial charge in [0.1, 0.15) is 11.6 Å². The van der Waals surface area contributed by atoms with Gasteiger partial charge in [-0.2, -0.15) is 5.10 Å². The van der Waals surface area contributed by atoms with Gasteiger partial charge in [-0.15, -0.1) is 0 Å². The highest BCUT2D eigenvalue weighted by Gasteiger charge is 2.24. The van der Waals surface area contributed by atoms with Gasteiger partial charge in [-0.25, -0.2) is 13.8 Å². The van der Waals surface area contributed by atoms with Crippen LogP contribution in [0.15, 0.2) is 70.8 Å². The van der Waals surface area contributed by atoms with Gasteiger partial charge in [-0.3, -0.25) is 9.36 Å². The maximum absolute atomic E-state index is 14.8. The van der Waals surface area contributed by atoms with E-state index >= 15 is 0 Å². The van der Waals surface area contributed by atoms with Gasteiger partial charge in [-0.05, 0) is 35.4 Å². The van der Waals surface area contributed by atoms with Crippen LogP contribution in [-0.2, 0) is 6.54 Å². The summed E-state index contributed by atoms with van der Waals surface area (Å²) in [5, 5.41) is 4.43. The van der Waals surface area contributed by atoms with Crippen molar-refractivity contribution in [1.29, 1.82) is 0 Å². The van der Waals surface area contributed by atoms with Crippen LogP contribution in [0.5, 0.6) is 0 Å². The third-order valence-electron chi connectivity index (χ3n) is 5.27. The normalized spacial score (nSPS) is 19.9. The molecule has 1 N–H and O–H groups in total. The van der Waals surface area contributed by atoms with E-state index in [1.807, 2.05) is 18.2 Å². The molecule has 5 rings (SSSR count). The Morgan fingerprint density at radius 2 is 1.93 bits per heavy atom. The number of hydrogen-bond acceptors (Lipinski definition) is 4. The topological polar surface area (TPSA) is 59.3 Å². The molecule has 0 spiro atoms. The van der Waals surface area contributed by atoms with Gasteiger partial charge in [0.05, 0.1) is 29.8 Å². The van der Waals surface area contributed by atoms with E-state index in [0.717, 1.165) is 5.57 Å². The number of rotatable bonds is 3. The van der Waals surface area contributed by atoms with E-state index in [1.54, 1.807) is 30.5 Å². The first-order chi connectivity index (χ1) is 14.1. The van der Waals surface area contributed by atoms with Gasteiger partial charge in [0.2, 0.25) is 0 Å². The van der Waals surface area contributed by atoms with E-state index in [-0.39, 0.29) is 29.6 Å². The maximum atomic E-state index is 14.8. The van der Waals surface area contributed by atoms with Crippen molar-refractivity contribution in [3.63, 3.8) is 0 Å². The predicted octanol–water partition coefficient (Wildman–Crippen LogP) is 3.25. The molecule has 2 aliphatic rings. The number of fused-ring (bicyclic) bond motifs is 2. The van der Waals surface area contributed by atoms with Gasteiger partial charge in [0.25, 0.3) is 5.56 Å². The zero-order valence-corrected chi connectivity index (χ0v) is 15.2. The van der Waals surface area contributed by atoms with E-state index in [4.69, 9.17) is 0 Å². The van der Waals surface area contributed by atoms with Crippen molar-refractivity contribution >= 4 is 22.7 Å². The molecule has 0 saturated heterocycles. The number of benzene rings is 2. The quantitative estimate of drug-likeness (QED) is 0.747. The Balaban J connectivity index is 1.50. The lowest BCUT2D eigenvalue weighted by Gasteiger charge is -2.18. The third kappa shape index (κ3) is 3.04. The number of hydrogen-bond donors (Lipinski definition) is 1. The minimum absolute atomic E-state index is 0.0584. The number of nitrogens with one attached hydrogen (secondary N) is 1.